The number of fused-ring (bicyclic) bond motifs is 1. The molecule has 1 spiro atoms. The van der Waals surface area contributed by atoms with Crippen molar-refractivity contribution in [1.29, 1.82) is 0 Å². The van der Waals surface area contributed by atoms with Crippen LogP contribution in [0.2, 0.25) is 0 Å². The standard InChI is InChI=1S/C14H22N4O3S/c1-3-18-10-14-9-17(7-11-5-15-16(2)6-11)8-12(21-14)4-13(14)22(18,19)20/h5-6,12-13H,3-4,7-10H2,1-2H3/t12-,13-,14-/m1/s1. The third kappa shape index (κ3) is 2.05. The number of likely N-dealkylation sites (N-methyl/N-ethyl adjacent to an activating group) is 1. The first-order valence-corrected chi connectivity index (χ1v) is 9.30. The van der Waals surface area contributed by atoms with E-state index in [1.165, 1.54) is 0 Å². The van der Waals surface area contributed by atoms with Gasteiger partial charge in [-0.2, -0.15) is 9.40 Å². The molecule has 4 rings (SSSR count). The zero-order valence-corrected chi connectivity index (χ0v) is 13.8. The van der Waals surface area contributed by atoms with E-state index in [2.05, 4.69) is 10.00 Å². The zero-order chi connectivity index (χ0) is 15.5. The number of ether oxygens (including phenoxy) is 1. The lowest BCUT2D eigenvalue weighted by molar-refractivity contribution is -0.109. The Balaban J connectivity index is 1.58. The molecule has 0 amide bonds. The van der Waals surface area contributed by atoms with Crippen LogP contribution in [-0.4, -0.2) is 70.5 Å². The first-order valence-electron chi connectivity index (χ1n) is 7.79. The van der Waals surface area contributed by atoms with Crippen molar-refractivity contribution in [2.24, 2.45) is 7.05 Å². The first-order chi connectivity index (χ1) is 10.4. The van der Waals surface area contributed by atoms with E-state index >= 15 is 0 Å². The highest BCUT2D eigenvalue weighted by Gasteiger charge is 2.64. The highest BCUT2D eigenvalue weighted by Crippen LogP contribution is 2.46. The van der Waals surface area contributed by atoms with Crippen LogP contribution < -0.4 is 0 Å². The number of aryl methyl sites for hydroxylation is 1. The lowest BCUT2D eigenvalue weighted by atomic mass is 9.99. The summed E-state index contributed by atoms with van der Waals surface area (Å²) in [5, 5.41) is 3.83. The Morgan fingerprint density at radius 3 is 2.95 bits per heavy atom. The summed E-state index contributed by atoms with van der Waals surface area (Å²) in [6, 6.07) is 0. The number of likely N-dealkylation sites (tertiary alicyclic amines) is 1. The number of aromatic nitrogens is 2. The van der Waals surface area contributed by atoms with E-state index in [-0.39, 0.29) is 11.4 Å². The van der Waals surface area contributed by atoms with Gasteiger partial charge in [0.1, 0.15) is 10.9 Å². The Bertz CT molecular complexity index is 688. The molecule has 4 heterocycles. The molecule has 0 unspecified atom stereocenters. The fourth-order valence-corrected chi connectivity index (χ4v) is 6.59. The number of rotatable bonds is 3. The summed E-state index contributed by atoms with van der Waals surface area (Å²) in [7, 11) is -1.30. The number of hydrogen-bond donors (Lipinski definition) is 0. The van der Waals surface area contributed by atoms with Gasteiger partial charge in [0.15, 0.2) is 0 Å². The molecule has 22 heavy (non-hydrogen) atoms. The van der Waals surface area contributed by atoms with Crippen molar-refractivity contribution in [2.45, 2.75) is 36.8 Å². The van der Waals surface area contributed by atoms with Crippen molar-refractivity contribution in [3.63, 3.8) is 0 Å². The largest absolute Gasteiger partial charge is 0.366 e. The minimum absolute atomic E-state index is 0.0317. The Hall–Kier alpha value is -0.960. The summed E-state index contributed by atoms with van der Waals surface area (Å²) in [6.45, 7) is 5.19. The minimum atomic E-state index is -3.21. The molecule has 3 atom stereocenters. The number of sulfonamides is 1. The topological polar surface area (TPSA) is 67.7 Å². The van der Waals surface area contributed by atoms with Gasteiger partial charge in [0, 0.05) is 51.5 Å². The maximum absolute atomic E-state index is 12.6. The monoisotopic (exact) mass is 326 g/mol. The van der Waals surface area contributed by atoms with Gasteiger partial charge in [-0.25, -0.2) is 8.42 Å². The number of hydrogen-bond acceptors (Lipinski definition) is 5. The van der Waals surface area contributed by atoms with Gasteiger partial charge in [-0.1, -0.05) is 6.92 Å². The second kappa shape index (κ2) is 4.77. The summed E-state index contributed by atoms with van der Waals surface area (Å²) >= 11 is 0. The number of nitrogens with zero attached hydrogens (tertiary/aromatic N) is 4. The average molecular weight is 326 g/mol. The van der Waals surface area contributed by atoms with E-state index in [0.29, 0.717) is 26.1 Å². The van der Waals surface area contributed by atoms with Crippen LogP contribution >= 0.6 is 0 Å². The Morgan fingerprint density at radius 2 is 2.27 bits per heavy atom. The fraction of sp³-hybridized carbons (Fsp3) is 0.786. The van der Waals surface area contributed by atoms with Crippen LogP contribution in [0.4, 0.5) is 0 Å². The van der Waals surface area contributed by atoms with E-state index in [4.69, 9.17) is 4.74 Å². The summed E-state index contributed by atoms with van der Waals surface area (Å²) in [6.07, 6.45) is 4.54. The molecule has 0 aliphatic carbocycles. The highest BCUT2D eigenvalue weighted by atomic mass is 32.2. The third-order valence-corrected chi connectivity index (χ3v) is 7.55. The molecule has 3 saturated heterocycles. The number of morpholine rings is 1. The SMILES string of the molecule is CCN1C[C@]23CN(Cc4cnn(C)c4)C[C@@H](C[C@H]2S1(=O)=O)O3. The molecule has 7 nitrogen and oxygen atoms in total. The van der Waals surface area contributed by atoms with Crippen molar-refractivity contribution < 1.29 is 13.2 Å². The maximum Gasteiger partial charge on any atom is 0.220 e. The Morgan fingerprint density at radius 1 is 1.45 bits per heavy atom. The minimum Gasteiger partial charge on any atom is -0.366 e. The van der Waals surface area contributed by atoms with Crippen molar-refractivity contribution in [3.8, 4) is 0 Å². The molecule has 1 aromatic rings. The van der Waals surface area contributed by atoms with Crippen molar-refractivity contribution in [2.75, 3.05) is 26.2 Å². The van der Waals surface area contributed by atoms with Gasteiger partial charge in [-0.3, -0.25) is 9.58 Å². The molecule has 3 fully saturated rings. The Labute approximate surface area is 130 Å². The van der Waals surface area contributed by atoms with E-state index in [9.17, 15) is 8.42 Å². The van der Waals surface area contributed by atoms with Crippen LogP contribution in [0.25, 0.3) is 0 Å². The van der Waals surface area contributed by atoms with E-state index in [1.807, 2.05) is 26.4 Å². The van der Waals surface area contributed by atoms with Gasteiger partial charge in [-0.05, 0) is 6.42 Å². The van der Waals surface area contributed by atoms with E-state index in [1.54, 1.807) is 8.99 Å². The smallest absolute Gasteiger partial charge is 0.220 e. The third-order valence-electron chi connectivity index (χ3n) is 5.10. The first kappa shape index (κ1) is 14.6. The molecule has 3 aliphatic rings. The van der Waals surface area contributed by atoms with Crippen molar-refractivity contribution in [3.05, 3.63) is 18.0 Å². The second-order valence-electron chi connectivity index (χ2n) is 6.69. The fourth-order valence-electron chi connectivity index (χ4n) is 4.27. The molecular weight excluding hydrogens is 304 g/mol. The lowest BCUT2D eigenvalue weighted by Crippen LogP contribution is -2.54. The predicted molar refractivity (Wildman–Crippen MR) is 80.7 cm³/mol. The van der Waals surface area contributed by atoms with Crippen LogP contribution in [0.1, 0.15) is 18.9 Å². The molecular formula is C14H22N4O3S. The lowest BCUT2D eigenvalue weighted by Gasteiger charge is -2.39. The van der Waals surface area contributed by atoms with Gasteiger partial charge >= 0.3 is 0 Å². The highest BCUT2D eigenvalue weighted by molar-refractivity contribution is 7.90. The average Bonchev–Trinajstić information content (AvgIpc) is 3.02. The van der Waals surface area contributed by atoms with E-state index < -0.39 is 15.6 Å². The molecule has 1 aromatic heterocycles. The quantitative estimate of drug-likeness (QED) is 0.769. The second-order valence-corrected chi connectivity index (χ2v) is 8.81. The van der Waals surface area contributed by atoms with Crippen molar-refractivity contribution in [1.82, 2.24) is 19.0 Å². The van der Waals surface area contributed by atoms with Crippen LogP contribution in [0, 0.1) is 0 Å². The van der Waals surface area contributed by atoms with Crippen LogP contribution in [0.15, 0.2) is 12.4 Å². The van der Waals surface area contributed by atoms with Gasteiger partial charge in [-0.15, -0.1) is 0 Å². The molecule has 0 aromatic carbocycles. The molecule has 3 aliphatic heterocycles. The van der Waals surface area contributed by atoms with Gasteiger partial charge < -0.3 is 4.74 Å². The zero-order valence-electron chi connectivity index (χ0n) is 13.0. The summed E-state index contributed by atoms with van der Waals surface area (Å²) in [5.41, 5.74) is 0.616. The summed E-state index contributed by atoms with van der Waals surface area (Å²) < 4.78 is 34.8. The van der Waals surface area contributed by atoms with Crippen LogP contribution in [0.5, 0.6) is 0 Å². The molecule has 0 saturated carbocycles. The maximum atomic E-state index is 12.6. The van der Waals surface area contributed by atoms with Crippen LogP contribution in [0.3, 0.4) is 0 Å². The van der Waals surface area contributed by atoms with Crippen molar-refractivity contribution >= 4 is 10.0 Å². The molecule has 0 N–H and O–H groups in total. The predicted octanol–water partition coefficient (Wildman–Crippen LogP) is -0.203. The molecule has 122 valence electrons. The van der Waals surface area contributed by atoms with Gasteiger partial charge in [0.05, 0.1) is 12.3 Å². The molecule has 0 radical (unpaired) electrons. The Kier molecular flexibility index (Phi) is 3.17. The van der Waals surface area contributed by atoms with Crippen LogP contribution in [-0.2, 0) is 28.4 Å². The van der Waals surface area contributed by atoms with E-state index in [0.717, 1.165) is 18.7 Å². The molecule has 2 bridgehead atoms. The summed E-state index contributed by atoms with van der Waals surface area (Å²) in [4.78, 5) is 2.32. The summed E-state index contributed by atoms with van der Waals surface area (Å²) in [5.74, 6) is 0. The van der Waals surface area contributed by atoms with Gasteiger partial charge in [0.2, 0.25) is 10.0 Å². The van der Waals surface area contributed by atoms with Gasteiger partial charge in [0.25, 0.3) is 0 Å². The molecule has 8 heteroatoms. The normalized spacial score (nSPS) is 37.5.